The highest BCUT2D eigenvalue weighted by atomic mass is 35.5. The van der Waals surface area contributed by atoms with Gasteiger partial charge in [0, 0.05) is 62.3 Å². The van der Waals surface area contributed by atoms with Crippen LogP contribution in [-0.2, 0) is 0 Å². The maximum atomic E-state index is 13.2. The quantitative estimate of drug-likeness (QED) is 0.390. The summed E-state index contributed by atoms with van der Waals surface area (Å²) in [5.74, 6) is 1.07. The summed E-state index contributed by atoms with van der Waals surface area (Å²) in [6.45, 7) is 5.18. The van der Waals surface area contributed by atoms with Crippen LogP contribution in [0.2, 0.25) is 0 Å². The van der Waals surface area contributed by atoms with E-state index >= 15 is 0 Å². The molecule has 1 saturated heterocycles. The van der Waals surface area contributed by atoms with Gasteiger partial charge in [-0.1, -0.05) is 55.7 Å². The number of piperazine rings is 1. The van der Waals surface area contributed by atoms with Crippen molar-refractivity contribution in [2.45, 2.75) is 44.1 Å². The van der Waals surface area contributed by atoms with Crippen LogP contribution < -0.4 is 17.1 Å². The van der Waals surface area contributed by atoms with Crippen molar-refractivity contribution in [3.8, 4) is 5.75 Å². The maximum absolute atomic E-state index is 13.2. The van der Waals surface area contributed by atoms with Gasteiger partial charge in [0.15, 0.2) is 0 Å². The number of carbonyl (C=O) groups excluding carboxylic acids is 2. The van der Waals surface area contributed by atoms with Crippen molar-refractivity contribution >= 4 is 22.6 Å². The summed E-state index contributed by atoms with van der Waals surface area (Å²) in [5, 5.41) is 12.3. The van der Waals surface area contributed by atoms with Gasteiger partial charge in [0.2, 0.25) is 0 Å². The van der Waals surface area contributed by atoms with Gasteiger partial charge in [0.1, 0.15) is 18.5 Å². The summed E-state index contributed by atoms with van der Waals surface area (Å²) < 4.78 is 5.89. The molecule has 1 unspecified atom stereocenters. The molecule has 0 bridgehead atoms. The number of benzene rings is 3. The highest BCUT2D eigenvalue weighted by Crippen LogP contribution is 2.33. The molecule has 2 heterocycles. The molecule has 3 aromatic carbocycles. The molecule has 1 N–H and O–H groups in total. The molecule has 7 nitrogen and oxygen atoms in total. The number of ether oxygens (including phenoxy) is 1. The number of hydrogen-bond donors (Lipinski definition) is 1. The minimum atomic E-state index is -0.559. The molecule has 218 valence electrons. The largest absolute Gasteiger partial charge is 1.00 e. The first kappa shape index (κ1) is 29.5. The molecule has 1 atom stereocenters. The fourth-order valence-electron chi connectivity index (χ4n) is 6.54. The molecule has 0 aromatic heterocycles. The molecular formula is C33H40ClN3O4. The van der Waals surface area contributed by atoms with Crippen LogP contribution in [0.25, 0.3) is 10.8 Å². The van der Waals surface area contributed by atoms with Gasteiger partial charge < -0.3 is 22.3 Å². The predicted molar refractivity (Wildman–Crippen MR) is 157 cm³/mol. The number of aliphatic hydroxyl groups excluding tert-OH is 1. The SMILES string of the molecule is O=C1c2cccc3cccc(c23)C(=O)N1CCN1CCN(CC(O)COc2ccc(C3CCCCC3)cc2)CC1.[Cl-].[H+]. The number of amides is 2. The third-order valence-electron chi connectivity index (χ3n) is 8.83. The fraction of sp³-hybridized carbons (Fsp3) is 0.455. The molecule has 0 spiro atoms. The molecule has 1 saturated carbocycles. The van der Waals surface area contributed by atoms with Crippen LogP contribution in [-0.4, -0.2) is 90.1 Å². The summed E-state index contributed by atoms with van der Waals surface area (Å²) in [5.41, 5.74) is 2.62. The van der Waals surface area contributed by atoms with Crippen molar-refractivity contribution in [1.82, 2.24) is 14.7 Å². The zero-order chi connectivity index (χ0) is 27.5. The van der Waals surface area contributed by atoms with Gasteiger partial charge in [0.25, 0.3) is 11.8 Å². The number of imide groups is 1. The third kappa shape index (κ3) is 6.59. The van der Waals surface area contributed by atoms with E-state index in [1.54, 1.807) is 0 Å². The van der Waals surface area contributed by atoms with Crippen molar-refractivity contribution in [3.63, 3.8) is 0 Å². The first-order valence-corrected chi connectivity index (χ1v) is 14.8. The topological polar surface area (TPSA) is 73.3 Å². The van der Waals surface area contributed by atoms with E-state index in [4.69, 9.17) is 4.74 Å². The second-order valence-electron chi connectivity index (χ2n) is 11.5. The Labute approximate surface area is 250 Å². The standard InChI is InChI=1S/C33H39N3O4.ClH/c37-27(23-40-28-14-12-25(13-15-28)24-6-2-1-3-7-24)22-35-18-16-34(17-19-35)20-21-36-32(38)29-10-4-8-26-9-5-11-30(31(26)29)33(36)39;/h4-5,8-15,24,27,37H,1-3,6-7,16-23H2;1H. The Bertz CT molecular complexity index is 1310. The number of β-amino-alcohol motifs (C(OH)–C–C–N with tert-alkyl or cyclic N) is 1. The number of aliphatic hydroxyl groups is 1. The summed E-state index contributed by atoms with van der Waals surface area (Å²) in [6.07, 6.45) is 6.02. The minimum absolute atomic E-state index is 0. The zero-order valence-electron chi connectivity index (χ0n) is 24.5. The monoisotopic (exact) mass is 577 g/mol. The molecule has 1 aliphatic carbocycles. The Balaban J connectivity index is 0.00000202. The van der Waals surface area contributed by atoms with Crippen LogP contribution in [0, 0.1) is 0 Å². The van der Waals surface area contributed by atoms with Crippen molar-refractivity contribution in [2.75, 3.05) is 52.4 Å². The summed E-state index contributed by atoms with van der Waals surface area (Å²) in [7, 11) is 0. The molecule has 2 amide bonds. The van der Waals surface area contributed by atoms with Gasteiger partial charge in [0.05, 0.1) is 0 Å². The van der Waals surface area contributed by atoms with Gasteiger partial charge in [-0.2, -0.15) is 0 Å². The van der Waals surface area contributed by atoms with Crippen LogP contribution >= 0.6 is 0 Å². The Morgan fingerprint density at radius 2 is 1.41 bits per heavy atom. The van der Waals surface area contributed by atoms with Crippen LogP contribution in [0.4, 0.5) is 0 Å². The van der Waals surface area contributed by atoms with Gasteiger partial charge in [-0.05, 0) is 54.0 Å². The first-order valence-electron chi connectivity index (χ1n) is 14.8. The number of carbonyl (C=O) groups is 2. The molecule has 2 aliphatic heterocycles. The average molecular weight is 578 g/mol. The highest BCUT2D eigenvalue weighted by molar-refractivity contribution is 6.25. The fourth-order valence-corrected chi connectivity index (χ4v) is 6.54. The van der Waals surface area contributed by atoms with Crippen molar-refractivity contribution < 1.29 is 33.3 Å². The highest BCUT2D eigenvalue weighted by Gasteiger charge is 2.33. The maximum Gasteiger partial charge on any atom is 1.00 e. The van der Waals surface area contributed by atoms with Gasteiger partial charge in [-0.15, -0.1) is 0 Å². The van der Waals surface area contributed by atoms with E-state index in [0.29, 0.717) is 36.7 Å². The molecule has 6 rings (SSSR count). The van der Waals surface area contributed by atoms with Gasteiger partial charge >= 0.3 is 1.43 Å². The summed E-state index contributed by atoms with van der Waals surface area (Å²) in [6, 6.07) is 19.7. The third-order valence-corrected chi connectivity index (χ3v) is 8.83. The van der Waals surface area contributed by atoms with E-state index < -0.39 is 6.10 Å². The van der Waals surface area contributed by atoms with Crippen LogP contribution in [0.3, 0.4) is 0 Å². The lowest BCUT2D eigenvalue weighted by atomic mass is 9.84. The van der Waals surface area contributed by atoms with Crippen LogP contribution in [0.1, 0.15) is 65.7 Å². The number of nitrogens with zero attached hydrogens (tertiary/aromatic N) is 3. The van der Waals surface area contributed by atoms with E-state index in [9.17, 15) is 14.7 Å². The molecule has 8 heteroatoms. The van der Waals surface area contributed by atoms with E-state index in [0.717, 1.165) is 42.7 Å². The summed E-state index contributed by atoms with van der Waals surface area (Å²) >= 11 is 0. The van der Waals surface area contributed by atoms with E-state index in [1.165, 1.54) is 42.6 Å². The second-order valence-corrected chi connectivity index (χ2v) is 11.5. The molecule has 3 aliphatic rings. The molecular weight excluding hydrogens is 538 g/mol. The lowest BCUT2D eigenvalue weighted by Gasteiger charge is -2.36. The normalized spacial score (nSPS) is 19.3. The minimum Gasteiger partial charge on any atom is -1.00 e. The lowest BCUT2D eigenvalue weighted by Crippen LogP contribution is -3.00. The Hall–Kier alpha value is -2.97. The predicted octanol–water partition coefficient (Wildman–Crippen LogP) is 1.66. The number of hydrogen-bond acceptors (Lipinski definition) is 6. The Kier molecular flexibility index (Phi) is 9.60. The molecule has 0 radical (unpaired) electrons. The smallest absolute Gasteiger partial charge is 1.00 e. The van der Waals surface area contributed by atoms with E-state index in [-0.39, 0.29) is 32.3 Å². The second kappa shape index (κ2) is 13.3. The Morgan fingerprint density at radius 1 is 0.805 bits per heavy atom. The lowest BCUT2D eigenvalue weighted by molar-refractivity contribution is -0.0000347. The van der Waals surface area contributed by atoms with Crippen LogP contribution in [0.15, 0.2) is 60.7 Å². The molecule has 2 fully saturated rings. The van der Waals surface area contributed by atoms with Crippen molar-refractivity contribution in [3.05, 3.63) is 77.4 Å². The van der Waals surface area contributed by atoms with Gasteiger partial charge in [-0.3, -0.25) is 24.3 Å². The number of rotatable bonds is 9. The van der Waals surface area contributed by atoms with Crippen LogP contribution in [0.5, 0.6) is 5.75 Å². The first-order chi connectivity index (χ1) is 19.6. The Morgan fingerprint density at radius 3 is 2.05 bits per heavy atom. The van der Waals surface area contributed by atoms with Crippen molar-refractivity contribution in [1.29, 1.82) is 0 Å². The average Bonchev–Trinajstić information content (AvgIpc) is 3.00. The molecule has 3 aromatic rings. The zero-order valence-corrected chi connectivity index (χ0v) is 24.3. The van der Waals surface area contributed by atoms with Gasteiger partial charge in [-0.25, -0.2) is 0 Å². The van der Waals surface area contributed by atoms with E-state index in [2.05, 4.69) is 21.9 Å². The number of halogens is 1. The van der Waals surface area contributed by atoms with Crippen molar-refractivity contribution in [2.24, 2.45) is 0 Å². The summed E-state index contributed by atoms with van der Waals surface area (Å²) in [4.78, 5) is 32.2. The van der Waals surface area contributed by atoms with E-state index in [1.807, 2.05) is 48.5 Å². The molecule has 41 heavy (non-hydrogen) atoms.